The molecule has 5 rings (SSSR count). The molecule has 0 saturated carbocycles. The molecule has 0 spiro atoms. The van der Waals surface area contributed by atoms with Gasteiger partial charge in [0.1, 0.15) is 5.76 Å². The van der Waals surface area contributed by atoms with E-state index in [-0.39, 0.29) is 40.6 Å². The van der Waals surface area contributed by atoms with Crippen molar-refractivity contribution in [2.24, 2.45) is 11.3 Å². The summed E-state index contributed by atoms with van der Waals surface area (Å²) in [6, 6.07) is 13.1. The number of nitro groups is 2. The second-order valence-electron chi connectivity index (χ2n) is 10.5. The first-order chi connectivity index (χ1) is 16.6. The molecule has 0 amide bonds. The number of rotatable bonds is 5. The van der Waals surface area contributed by atoms with E-state index in [1.165, 1.54) is 24.3 Å². The van der Waals surface area contributed by atoms with Gasteiger partial charge in [0, 0.05) is 67.6 Å². The van der Waals surface area contributed by atoms with Crippen molar-refractivity contribution in [3.05, 3.63) is 91.2 Å². The third kappa shape index (κ3) is 4.32. The van der Waals surface area contributed by atoms with Crippen LogP contribution in [0.4, 0.5) is 11.4 Å². The van der Waals surface area contributed by atoms with Crippen LogP contribution in [0.25, 0.3) is 0 Å². The third-order valence-corrected chi connectivity index (χ3v) is 7.35. The lowest BCUT2D eigenvalue weighted by Gasteiger charge is -2.44. The maximum absolute atomic E-state index is 13.3. The van der Waals surface area contributed by atoms with E-state index in [2.05, 4.69) is 18.7 Å². The fourth-order valence-electron chi connectivity index (χ4n) is 5.78. The molecule has 2 aromatic rings. The van der Waals surface area contributed by atoms with Crippen LogP contribution < -0.4 is 0 Å². The van der Waals surface area contributed by atoms with Gasteiger partial charge in [0.05, 0.1) is 9.85 Å². The predicted octanol–water partition coefficient (Wildman–Crippen LogP) is 5.11. The molecular weight excluding hydrogens is 450 g/mol. The number of allylic oxidation sites excluding steroid dienone is 2. The molecule has 1 saturated heterocycles. The van der Waals surface area contributed by atoms with Crippen molar-refractivity contribution >= 4 is 17.2 Å². The van der Waals surface area contributed by atoms with Gasteiger partial charge in [0.2, 0.25) is 0 Å². The van der Waals surface area contributed by atoms with E-state index in [4.69, 9.17) is 4.74 Å². The molecule has 0 aromatic heterocycles. The minimum absolute atomic E-state index is 0.0221. The quantitative estimate of drug-likeness (QED) is 0.434. The zero-order valence-corrected chi connectivity index (χ0v) is 19.7. The zero-order chi connectivity index (χ0) is 24.9. The summed E-state index contributed by atoms with van der Waals surface area (Å²) in [4.78, 5) is 36.9. The summed E-state index contributed by atoms with van der Waals surface area (Å²) in [6.45, 7) is 5.46. The van der Waals surface area contributed by atoms with E-state index in [0.29, 0.717) is 19.4 Å². The molecule has 182 valence electrons. The van der Waals surface area contributed by atoms with Crippen LogP contribution in [0.2, 0.25) is 0 Å². The van der Waals surface area contributed by atoms with E-state index in [0.717, 1.165) is 35.4 Å². The van der Waals surface area contributed by atoms with Crippen molar-refractivity contribution in [2.75, 3.05) is 6.54 Å². The van der Waals surface area contributed by atoms with Gasteiger partial charge in [-0.05, 0) is 23.0 Å². The minimum atomic E-state index is -0.420. The van der Waals surface area contributed by atoms with Gasteiger partial charge in [-0.3, -0.25) is 29.9 Å². The highest BCUT2D eigenvalue weighted by atomic mass is 16.6. The molecule has 2 heterocycles. The number of Topliss-reactive ketones (excluding diaryl/α,β-unsaturated/α-hetero) is 1. The van der Waals surface area contributed by atoms with Crippen molar-refractivity contribution in [2.45, 2.75) is 51.8 Å². The van der Waals surface area contributed by atoms with Gasteiger partial charge < -0.3 is 4.74 Å². The smallest absolute Gasteiger partial charge is 0.269 e. The lowest BCUT2D eigenvalue weighted by molar-refractivity contribution is -0.385. The Morgan fingerprint density at radius 3 is 2.17 bits per heavy atom. The van der Waals surface area contributed by atoms with Gasteiger partial charge in [0.15, 0.2) is 12.0 Å². The molecule has 2 aromatic carbocycles. The number of non-ortho nitro benzene ring substituents is 2. The molecule has 1 fully saturated rings. The molecular formula is C26H27N3O6. The maximum Gasteiger partial charge on any atom is 0.269 e. The van der Waals surface area contributed by atoms with Crippen LogP contribution in [0.15, 0.2) is 59.9 Å². The fraction of sp³-hybridized carbons (Fsp3) is 0.423. The monoisotopic (exact) mass is 477 g/mol. The summed E-state index contributed by atoms with van der Waals surface area (Å²) in [5, 5.41) is 22.2. The number of carbonyl (C=O) groups is 1. The average Bonchev–Trinajstić information content (AvgIpc) is 3.19. The van der Waals surface area contributed by atoms with Gasteiger partial charge in [-0.15, -0.1) is 0 Å². The first-order valence-electron chi connectivity index (χ1n) is 11.8. The number of ketones is 1. The van der Waals surface area contributed by atoms with Gasteiger partial charge in [-0.25, -0.2) is 0 Å². The normalized spacial score (nSPS) is 25.5. The van der Waals surface area contributed by atoms with Gasteiger partial charge in [-0.2, -0.15) is 0 Å². The molecule has 35 heavy (non-hydrogen) atoms. The van der Waals surface area contributed by atoms with Gasteiger partial charge in [-0.1, -0.05) is 38.1 Å². The number of likely N-dealkylation sites (tertiary alicyclic amines) is 1. The maximum atomic E-state index is 13.3. The number of hydrogen-bond acceptors (Lipinski definition) is 7. The van der Waals surface area contributed by atoms with Crippen LogP contribution in [0, 0.1) is 31.6 Å². The second-order valence-corrected chi connectivity index (χ2v) is 10.5. The van der Waals surface area contributed by atoms with Gasteiger partial charge >= 0.3 is 0 Å². The van der Waals surface area contributed by atoms with Gasteiger partial charge in [0.25, 0.3) is 11.4 Å². The molecule has 0 radical (unpaired) electrons. The van der Waals surface area contributed by atoms with Crippen molar-refractivity contribution in [1.29, 1.82) is 0 Å². The van der Waals surface area contributed by atoms with Crippen molar-refractivity contribution in [3.8, 4) is 0 Å². The van der Waals surface area contributed by atoms with E-state index in [1.54, 1.807) is 24.3 Å². The highest BCUT2D eigenvalue weighted by Crippen LogP contribution is 2.52. The largest absolute Gasteiger partial charge is 0.479 e. The molecule has 2 aliphatic heterocycles. The number of nitrogens with zero attached hydrogens (tertiary/aromatic N) is 3. The number of carbonyl (C=O) groups excluding carboxylic acids is 1. The number of benzene rings is 2. The summed E-state index contributed by atoms with van der Waals surface area (Å²) in [6.07, 6.45) is 1.67. The molecule has 1 aliphatic carbocycles. The van der Waals surface area contributed by atoms with E-state index in [1.807, 2.05) is 0 Å². The van der Waals surface area contributed by atoms with Crippen molar-refractivity contribution in [1.82, 2.24) is 4.90 Å². The summed E-state index contributed by atoms with van der Waals surface area (Å²) >= 11 is 0. The predicted molar refractivity (Wildman–Crippen MR) is 127 cm³/mol. The highest BCUT2D eigenvalue weighted by Gasteiger charge is 2.51. The van der Waals surface area contributed by atoms with Crippen LogP contribution in [0.5, 0.6) is 0 Å². The molecule has 0 unspecified atom stereocenters. The SMILES string of the molecule is CC1(C)CC(=O)C2=C(C1)O[C@@H]1[C@@H](CCN1Cc1ccc([N+](=O)[O-])cc1)[C@@H]2c1ccc([N+](=O)[O-])cc1. The highest BCUT2D eigenvalue weighted by molar-refractivity contribution is 5.99. The number of hydrogen-bond donors (Lipinski definition) is 0. The Balaban J connectivity index is 1.49. The van der Waals surface area contributed by atoms with Crippen molar-refractivity contribution < 1.29 is 19.4 Å². The summed E-state index contributed by atoms with van der Waals surface area (Å²) < 4.78 is 6.55. The molecule has 0 bridgehead atoms. The Bertz CT molecular complexity index is 1220. The van der Waals surface area contributed by atoms with E-state index >= 15 is 0 Å². The Morgan fingerprint density at radius 1 is 0.971 bits per heavy atom. The van der Waals surface area contributed by atoms with E-state index in [9.17, 15) is 25.0 Å². The Hall–Kier alpha value is -3.59. The Kier molecular flexibility index (Phi) is 5.67. The average molecular weight is 478 g/mol. The standard InChI is InChI=1S/C26H27N3O6/c1-26(2)13-21(30)24-22(14-26)35-25-20(23(24)17-5-9-19(10-6-17)29(33)34)11-12-27(25)15-16-3-7-18(8-4-16)28(31)32/h3-10,20,23,25H,11-15H2,1-2H3/t20-,23-,25+/m0/s1. The summed E-state index contributed by atoms with van der Waals surface area (Å²) in [5.74, 6) is 0.659. The first-order valence-corrected chi connectivity index (χ1v) is 11.8. The second kappa shape index (κ2) is 8.57. The molecule has 0 N–H and O–H groups in total. The molecule has 3 aliphatic rings. The Labute approximate surface area is 202 Å². The van der Waals surface area contributed by atoms with Crippen LogP contribution in [-0.2, 0) is 16.1 Å². The van der Waals surface area contributed by atoms with Crippen LogP contribution in [0.1, 0.15) is 50.2 Å². The molecule has 3 atom stereocenters. The zero-order valence-electron chi connectivity index (χ0n) is 19.7. The third-order valence-electron chi connectivity index (χ3n) is 7.35. The van der Waals surface area contributed by atoms with Crippen LogP contribution >= 0.6 is 0 Å². The Morgan fingerprint density at radius 2 is 1.57 bits per heavy atom. The first kappa shape index (κ1) is 23.2. The number of nitro benzene ring substituents is 2. The van der Waals surface area contributed by atoms with Crippen LogP contribution in [-0.4, -0.2) is 33.3 Å². The lowest BCUT2D eigenvalue weighted by atomic mass is 9.68. The topological polar surface area (TPSA) is 116 Å². The summed E-state index contributed by atoms with van der Waals surface area (Å²) in [7, 11) is 0. The minimum Gasteiger partial charge on any atom is -0.479 e. The lowest BCUT2D eigenvalue weighted by Crippen LogP contribution is -2.44. The molecule has 9 nitrogen and oxygen atoms in total. The van der Waals surface area contributed by atoms with E-state index < -0.39 is 9.85 Å². The number of ether oxygens (including phenoxy) is 1. The summed E-state index contributed by atoms with van der Waals surface area (Å²) in [5.41, 5.74) is 2.44. The number of fused-ring (bicyclic) bond motifs is 1. The fourth-order valence-corrected chi connectivity index (χ4v) is 5.78. The molecule has 9 heteroatoms. The van der Waals surface area contributed by atoms with Crippen molar-refractivity contribution in [3.63, 3.8) is 0 Å². The van der Waals surface area contributed by atoms with Crippen LogP contribution in [0.3, 0.4) is 0 Å².